The lowest BCUT2D eigenvalue weighted by Gasteiger charge is -2.12. The lowest BCUT2D eigenvalue weighted by molar-refractivity contribution is 0.529. The summed E-state index contributed by atoms with van der Waals surface area (Å²) in [5.41, 5.74) is 0.181. The number of halogens is 1. The molecule has 0 aliphatic heterocycles. The topological polar surface area (TPSA) is 37.8 Å². The van der Waals surface area contributed by atoms with Crippen molar-refractivity contribution in [2.75, 3.05) is 5.88 Å². The maximum Gasteiger partial charge on any atom is 0.141 e. The molecule has 4 heteroatoms. The Morgan fingerprint density at radius 3 is 2.62 bits per heavy atom. The third kappa shape index (κ3) is 2.17. The molecule has 13 heavy (non-hydrogen) atoms. The molecular weight excluding hydrogens is 186 g/mol. The second kappa shape index (κ2) is 3.60. The minimum absolute atomic E-state index is 0.181. The average Bonchev–Trinajstić information content (AvgIpc) is 2.97. The molecule has 0 atom stereocenters. The van der Waals surface area contributed by atoms with E-state index in [4.69, 9.17) is 11.6 Å². The molecule has 1 aliphatic carbocycles. The van der Waals surface area contributed by atoms with E-state index in [0.29, 0.717) is 12.4 Å². The third-order valence-corrected chi connectivity index (χ3v) is 2.86. The summed E-state index contributed by atoms with van der Waals surface area (Å²) in [5.74, 6) is 1.51. The quantitative estimate of drug-likeness (QED) is 0.741. The molecule has 0 unspecified atom stereocenters. The Morgan fingerprint density at radius 2 is 2.08 bits per heavy atom. The second-order valence-electron chi connectivity index (χ2n) is 3.43. The fourth-order valence-corrected chi connectivity index (χ4v) is 1.56. The lowest BCUT2D eigenvalue weighted by Crippen LogP contribution is -2.32. The van der Waals surface area contributed by atoms with E-state index < -0.39 is 0 Å². The van der Waals surface area contributed by atoms with Crippen LogP contribution >= 0.6 is 11.6 Å². The largest absolute Gasteiger partial charge is 0.303 e. The van der Waals surface area contributed by atoms with Gasteiger partial charge in [-0.1, -0.05) is 0 Å². The van der Waals surface area contributed by atoms with Gasteiger partial charge in [0.05, 0.1) is 6.54 Å². The van der Waals surface area contributed by atoms with Gasteiger partial charge >= 0.3 is 0 Å². The Hall–Kier alpha value is -0.670. The Kier molecular flexibility index (Phi) is 2.47. The van der Waals surface area contributed by atoms with Crippen LogP contribution in [0.5, 0.6) is 0 Å². The summed E-state index contributed by atoms with van der Waals surface area (Å²) in [7, 11) is 0. The second-order valence-corrected chi connectivity index (χ2v) is 3.70. The monoisotopic (exact) mass is 197 g/mol. The van der Waals surface area contributed by atoms with Crippen LogP contribution in [0.25, 0.3) is 0 Å². The molecule has 1 aliphatic rings. The van der Waals surface area contributed by atoms with Crippen LogP contribution in [0, 0.1) is 0 Å². The Morgan fingerprint density at radius 1 is 1.38 bits per heavy atom. The van der Waals surface area contributed by atoms with Crippen molar-refractivity contribution in [2.45, 2.75) is 24.9 Å². The van der Waals surface area contributed by atoms with Gasteiger partial charge < -0.3 is 5.32 Å². The number of nitrogens with one attached hydrogen (secondary N) is 1. The highest BCUT2D eigenvalue weighted by Crippen LogP contribution is 2.36. The summed E-state index contributed by atoms with van der Waals surface area (Å²) in [6.07, 6.45) is 5.85. The van der Waals surface area contributed by atoms with Crippen LogP contribution in [0.1, 0.15) is 18.7 Å². The van der Waals surface area contributed by atoms with E-state index in [1.54, 1.807) is 12.4 Å². The Bertz CT molecular complexity index is 271. The summed E-state index contributed by atoms with van der Waals surface area (Å²) >= 11 is 5.82. The van der Waals surface area contributed by atoms with Gasteiger partial charge in [-0.05, 0) is 18.9 Å². The van der Waals surface area contributed by atoms with Crippen LogP contribution in [0.15, 0.2) is 18.5 Å². The van der Waals surface area contributed by atoms with Crippen LogP contribution in [0.3, 0.4) is 0 Å². The fraction of sp³-hybridized carbons (Fsp3) is 0.556. The van der Waals surface area contributed by atoms with Gasteiger partial charge in [0.2, 0.25) is 0 Å². The molecule has 1 N–H and O–H groups in total. The van der Waals surface area contributed by atoms with Gasteiger partial charge in [-0.3, -0.25) is 0 Å². The molecule has 0 aromatic carbocycles. The first-order valence-corrected chi connectivity index (χ1v) is 4.95. The third-order valence-electron chi connectivity index (χ3n) is 2.35. The van der Waals surface area contributed by atoms with Crippen molar-refractivity contribution >= 4 is 11.6 Å². The van der Waals surface area contributed by atoms with Gasteiger partial charge in [0.1, 0.15) is 5.82 Å². The van der Waals surface area contributed by atoms with Gasteiger partial charge in [-0.2, -0.15) is 0 Å². The molecule has 1 aromatic heterocycles. The zero-order chi connectivity index (χ0) is 9.15. The van der Waals surface area contributed by atoms with E-state index in [1.165, 1.54) is 12.8 Å². The number of alkyl halides is 1. The first kappa shape index (κ1) is 8.91. The van der Waals surface area contributed by atoms with Gasteiger partial charge in [0.25, 0.3) is 0 Å². The van der Waals surface area contributed by atoms with E-state index in [9.17, 15) is 0 Å². The van der Waals surface area contributed by atoms with E-state index in [0.717, 1.165) is 5.82 Å². The maximum absolute atomic E-state index is 5.82. The van der Waals surface area contributed by atoms with Gasteiger partial charge in [-0.15, -0.1) is 11.6 Å². The predicted octanol–water partition coefficient (Wildman–Crippen LogP) is 1.34. The number of rotatable bonds is 4. The molecule has 1 heterocycles. The minimum Gasteiger partial charge on any atom is -0.303 e. The lowest BCUT2D eigenvalue weighted by atomic mass is 10.3. The number of hydrogen-bond acceptors (Lipinski definition) is 3. The predicted molar refractivity (Wildman–Crippen MR) is 51.6 cm³/mol. The normalized spacial score (nSPS) is 18.5. The van der Waals surface area contributed by atoms with Crippen molar-refractivity contribution in [3.8, 4) is 0 Å². The van der Waals surface area contributed by atoms with Crippen molar-refractivity contribution in [3.63, 3.8) is 0 Å². The van der Waals surface area contributed by atoms with E-state index in [-0.39, 0.29) is 5.54 Å². The van der Waals surface area contributed by atoms with Crippen LogP contribution in [-0.2, 0) is 6.54 Å². The molecule has 1 aromatic rings. The molecule has 0 saturated heterocycles. The molecule has 70 valence electrons. The summed E-state index contributed by atoms with van der Waals surface area (Å²) in [4.78, 5) is 8.25. The minimum atomic E-state index is 0.181. The van der Waals surface area contributed by atoms with Crippen LogP contribution in [0.4, 0.5) is 0 Å². The van der Waals surface area contributed by atoms with Crippen molar-refractivity contribution in [2.24, 2.45) is 0 Å². The zero-order valence-electron chi connectivity index (χ0n) is 7.33. The van der Waals surface area contributed by atoms with Crippen molar-refractivity contribution in [1.82, 2.24) is 15.3 Å². The number of nitrogens with zero attached hydrogens (tertiary/aromatic N) is 2. The molecule has 0 radical (unpaired) electrons. The molecule has 2 rings (SSSR count). The van der Waals surface area contributed by atoms with E-state index in [2.05, 4.69) is 15.3 Å². The highest BCUT2D eigenvalue weighted by molar-refractivity contribution is 6.18. The molecule has 1 saturated carbocycles. The zero-order valence-corrected chi connectivity index (χ0v) is 8.09. The fourth-order valence-electron chi connectivity index (χ4n) is 1.20. The standard InChI is InChI=1S/C9H12ClN3/c10-7-9(2-3-9)13-6-8-11-4-1-5-12-8/h1,4-5,13H,2-3,6-7H2. The molecule has 1 fully saturated rings. The van der Waals surface area contributed by atoms with Gasteiger partial charge in [0, 0.05) is 23.8 Å². The summed E-state index contributed by atoms with van der Waals surface area (Å²) in [6, 6.07) is 1.82. The Labute approximate surface area is 82.5 Å². The highest BCUT2D eigenvalue weighted by atomic mass is 35.5. The highest BCUT2D eigenvalue weighted by Gasteiger charge is 2.41. The average molecular weight is 198 g/mol. The number of hydrogen-bond donors (Lipinski definition) is 1. The molecule has 0 amide bonds. The smallest absolute Gasteiger partial charge is 0.141 e. The van der Waals surface area contributed by atoms with Crippen LogP contribution < -0.4 is 5.32 Å². The van der Waals surface area contributed by atoms with E-state index >= 15 is 0 Å². The van der Waals surface area contributed by atoms with Crippen LogP contribution in [-0.4, -0.2) is 21.4 Å². The molecule has 3 nitrogen and oxygen atoms in total. The number of aromatic nitrogens is 2. The maximum atomic E-state index is 5.82. The SMILES string of the molecule is ClCC1(NCc2ncccn2)CC1. The summed E-state index contributed by atoms with van der Waals surface area (Å²) < 4.78 is 0. The van der Waals surface area contributed by atoms with Crippen molar-refractivity contribution in [1.29, 1.82) is 0 Å². The first-order valence-electron chi connectivity index (χ1n) is 4.42. The van der Waals surface area contributed by atoms with Gasteiger partial charge in [0.15, 0.2) is 0 Å². The van der Waals surface area contributed by atoms with E-state index in [1.807, 2.05) is 6.07 Å². The molecular formula is C9H12ClN3. The Balaban J connectivity index is 1.86. The molecule has 0 bridgehead atoms. The summed E-state index contributed by atoms with van der Waals surface area (Å²) in [6.45, 7) is 0.716. The molecule has 0 spiro atoms. The van der Waals surface area contributed by atoms with Crippen LogP contribution in [0.2, 0.25) is 0 Å². The van der Waals surface area contributed by atoms with Gasteiger partial charge in [-0.25, -0.2) is 9.97 Å². The van der Waals surface area contributed by atoms with Crippen molar-refractivity contribution < 1.29 is 0 Å². The summed E-state index contributed by atoms with van der Waals surface area (Å²) in [5, 5.41) is 3.38. The van der Waals surface area contributed by atoms with Crippen molar-refractivity contribution in [3.05, 3.63) is 24.3 Å². The first-order chi connectivity index (χ1) is 6.35.